The van der Waals surface area contributed by atoms with Crippen molar-refractivity contribution in [1.82, 2.24) is 14.7 Å². The molecule has 3 rings (SSSR count). The van der Waals surface area contributed by atoms with E-state index < -0.39 is 0 Å². The maximum atomic E-state index is 12.7. The lowest BCUT2D eigenvalue weighted by Crippen LogP contribution is -2.43. The molecule has 1 aliphatic heterocycles. The highest BCUT2D eigenvalue weighted by molar-refractivity contribution is 5.94. The van der Waals surface area contributed by atoms with Gasteiger partial charge in [-0.15, -0.1) is 0 Å². The summed E-state index contributed by atoms with van der Waals surface area (Å²) in [6.45, 7) is 8.20. The van der Waals surface area contributed by atoms with Gasteiger partial charge in [-0.05, 0) is 63.9 Å². The molecule has 2 aromatic rings. The van der Waals surface area contributed by atoms with Crippen LogP contribution >= 0.6 is 0 Å². The highest BCUT2D eigenvalue weighted by Gasteiger charge is 2.24. The third-order valence-electron chi connectivity index (χ3n) is 4.44. The van der Waals surface area contributed by atoms with Crippen LogP contribution < -0.4 is 0 Å². The second-order valence-electron chi connectivity index (χ2n) is 6.36. The molecule has 24 heavy (non-hydrogen) atoms. The second kappa shape index (κ2) is 7.18. The Hall–Kier alpha value is -2.14. The molecule has 128 valence electrons. The van der Waals surface area contributed by atoms with Gasteiger partial charge in [-0.1, -0.05) is 0 Å². The molecule has 1 fully saturated rings. The van der Waals surface area contributed by atoms with Gasteiger partial charge in [0.1, 0.15) is 0 Å². The first kappa shape index (κ1) is 16.7. The molecule has 1 saturated heterocycles. The first-order chi connectivity index (χ1) is 11.6. The molecule has 5 heteroatoms. The van der Waals surface area contributed by atoms with Crippen molar-refractivity contribution in [3.63, 3.8) is 0 Å². The molecule has 5 nitrogen and oxygen atoms in total. The molecule has 1 amide bonds. The topological polar surface area (TPSA) is 47.4 Å². The number of ether oxygens (including phenoxy) is 1. The van der Waals surface area contributed by atoms with Gasteiger partial charge in [0.05, 0.1) is 17.5 Å². The van der Waals surface area contributed by atoms with E-state index in [-0.39, 0.29) is 12.0 Å². The predicted molar refractivity (Wildman–Crippen MR) is 93.6 cm³/mol. The quantitative estimate of drug-likeness (QED) is 0.867. The van der Waals surface area contributed by atoms with Gasteiger partial charge < -0.3 is 9.64 Å². The first-order valence-corrected chi connectivity index (χ1v) is 8.63. The number of amides is 1. The van der Waals surface area contributed by atoms with Gasteiger partial charge in [-0.3, -0.25) is 4.79 Å². The van der Waals surface area contributed by atoms with Crippen LogP contribution in [0.1, 0.15) is 41.5 Å². The van der Waals surface area contributed by atoms with Gasteiger partial charge in [0.25, 0.3) is 5.91 Å². The monoisotopic (exact) mass is 327 g/mol. The van der Waals surface area contributed by atoms with Gasteiger partial charge in [0.2, 0.25) is 0 Å². The SMILES string of the molecule is CCOC1CCCN(C(=O)c2ccc(-n3nc(C)cc3C)cc2)C1. The van der Waals surface area contributed by atoms with Crippen LogP contribution in [-0.2, 0) is 4.74 Å². The number of carbonyl (C=O) groups excluding carboxylic acids is 1. The zero-order chi connectivity index (χ0) is 17.1. The molecule has 0 N–H and O–H groups in total. The molecule has 2 heterocycles. The predicted octanol–water partition coefficient (Wildman–Crippen LogP) is 3.13. The first-order valence-electron chi connectivity index (χ1n) is 8.63. The Morgan fingerprint density at radius 2 is 2.04 bits per heavy atom. The molecule has 1 aromatic carbocycles. The van der Waals surface area contributed by atoms with E-state index in [1.165, 1.54) is 0 Å². The summed E-state index contributed by atoms with van der Waals surface area (Å²) in [6, 6.07) is 9.73. The third kappa shape index (κ3) is 3.51. The number of benzene rings is 1. The smallest absolute Gasteiger partial charge is 0.253 e. The van der Waals surface area contributed by atoms with Crippen LogP contribution in [0.5, 0.6) is 0 Å². The minimum Gasteiger partial charge on any atom is -0.377 e. The molecule has 0 spiro atoms. The Morgan fingerprint density at radius 1 is 1.29 bits per heavy atom. The normalized spacial score (nSPS) is 18.0. The van der Waals surface area contributed by atoms with Gasteiger partial charge in [-0.25, -0.2) is 4.68 Å². The van der Waals surface area contributed by atoms with Crippen molar-refractivity contribution < 1.29 is 9.53 Å². The minimum atomic E-state index is 0.0827. The molecule has 0 bridgehead atoms. The van der Waals surface area contributed by atoms with Gasteiger partial charge in [0, 0.05) is 31.0 Å². The molecule has 1 aromatic heterocycles. The van der Waals surface area contributed by atoms with Crippen molar-refractivity contribution >= 4 is 5.91 Å². The summed E-state index contributed by atoms with van der Waals surface area (Å²) in [5.41, 5.74) is 3.77. The van der Waals surface area contributed by atoms with E-state index in [4.69, 9.17) is 4.74 Å². The number of aromatic nitrogens is 2. The number of piperidine rings is 1. The van der Waals surface area contributed by atoms with Gasteiger partial charge in [-0.2, -0.15) is 5.10 Å². The van der Waals surface area contributed by atoms with E-state index in [9.17, 15) is 4.79 Å². The fourth-order valence-corrected chi connectivity index (χ4v) is 3.31. The van der Waals surface area contributed by atoms with Gasteiger partial charge in [0.15, 0.2) is 0 Å². The number of hydrogen-bond donors (Lipinski definition) is 0. The molecular formula is C19H25N3O2. The second-order valence-corrected chi connectivity index (χ2v) is 6.36. The molecule has 0 radical (unpaired) electrons. The Bertz CT molecular complexity index is 704. The van der Waals surface area contributed by atoms with Crippen molar-refractivity contribution in [3.05, 3.63) is 47.3 Å². The number of hydrogen-bond acceptors (Lipinski definition) is 3. The summed E-state index contributed by atoms with van der Waals surface area (Å²) in [6.07, 6.45) is 2.20. The van der Waals surface area contributed by atoms with E-state index in [2.05, 4.69) is 5.10 Å². The average Bonchev–Trinajstić information content (AvgIpc) is 2.93. The van der Waals surface area contributed by atoms with Crippen molar-refractivity contribution in [2.45, 2.75) is 39.7 Å². The van der Waals surface area contributed by atoms with Crippen LogP contribution in [0.2, 0.25) is 0 Å². The molecule has 0 aliphatic carbocycles. The maximum absolute atomic E-state index is 12.7. The highest BCUT2D eigenvalue weighted by Crippen LogP contribution is 2.18. The Kier molecular flexibility index (Phi) is 5.00. The Balaban J connectivity index is 1.73. The Morgan fingerprint density at radius 3 is 2.67 bits per heavy atom. The van der Waals surface area contributed by atoms with E-state index in [1.807, 2.05) is 60.7 Å². The van der Waals surface area contributed by atoms with E-state index in [1.54, 1.807) is 0 Å². The average molecular weight is 327 g/mol. The largest absolute Gasteiger partial charge is 0.377 e. The number of rotatable bonds is 4. The third-order valence-corrected chi connectivity index (χ3v) is 4.44. The number of aryl methyl sites for hydroxylation is 2. The van der Waals surface area contributed by atoms with Crippen LogP contribution in [0, 0.1) is 13.8 Å². The highest BCUT2D eigenvalue weighted by atomic mass is 16.5. The van der Waals surface area contributed by atoms with Crippen molar-refractivity contribution in [1.29, 1.82) is 0 Å². The zero-order valence-electron chi connectivity index (χ0n) is 14.7. The molecular weight excluding hydrogens is 302 g/mol. The fraction of sp³-hybridized carbons (Fsp3) is 0.474. The summed E-state index contributed by atoms with van der Waals surface area (Å²) in [5.74, 6) is 0.0827. The molecule has 1 atom stereocenters. The summed E-state index contributed by atoms with van der Waals surface area (Å²) in [7, 11) is 0. The lowest BCUT2D eigenvalue weighted by Gasteiger charge is -2.32. The summed E-state index contributed by atoms with van der Waals surface area (Å²) >= 11 is 0. The maximum Gasteiger partial charge on any atom is 0.253 e. The van der Waals surface area contributed by atoms with Crippen molar-refractivity contribution in [2.75, 3.05) is 19.7 Å². The van der Waals surface area contributed by atoms with Gasteiger partial charge >= 0.3 is 0 Å². The summed E-state index contributed by atoms with van der Waals surface area (Å²) < 4.78 is 7.58. The molecule has 0 saturated carbocycles. The van der Waals surface area contributed by atoms with E-state index in [0.717, 1.165) is 42.0 Å². The number of nitrogens with zero attached hydrogens (tertiary/aromatic N) is 3. The fourth-order valence-electron chi connectivity index (χ4n) is 3.31. The molecule has 1 unspecified atom stereocenters. The Labute approximate surface area is 143 Å². The summed E-state index contributed by atoms with van der Waals surface area (Å²) in [5, 5.41) is 4.48. The zero-order valence-corrected chi connectivity index (χ0v) is 14.7. The van der Waals surface area contributed by atoms with Crippen LogP contribution in [0.25, 0.3) is 5.69 Å². The number of carbonyl (C=O) groups is 1. The van der Waals surface area contributed by atoms with Crippen molar-refractivity contribution in [2.24, 2.45) is 0 Å². The van der Waals surface area contributed by atoms with Crippen LogP contribution in [0.4, 0.5) is 0 Å². The van der Waals surface area contributed by atoms with Crippen LogP contribution in [0.3, 0.4) is 0 Å². The van der Waals surface area contributed by atoms with Crippen molar-refractivity contribution in [3.8, 4) is 5.69 Å². The lowest BCUT2D eigenvalue weighted by molar-refractivity contribution is 0.00724. The number of likely N-dealkylation sites (tertiary alicyclic amines) is 1. The van der Waals surface area contributed by atoms with Crippen LogP contribution in [0.15, 0.2) is 30.3 Å². The van der Waals surface area contributed by atoms with E-state index >= 15 is 0 Å². The van der Waals surface area contributed by atoms with E-state index in [0.29, 0.717) is 13.2 Å². The minimum absolute atomic E-state index is 0.0827. The lowest BCUT2D eigenvalue weighted by atomic mass is 10.1. The molecule has 1 aliphatic rings. The standard InChI is InChI=1S/C19H25N3O2/c1-4-24-18-6-5-11-21(13-18)19(23)16-7-9-17(10-8-16)22-15(3)12-14(2)20-22/h7-10,12,18H,4-6,11,13H2,1-3H3. The summed E-state index contributed by atoms with van der Waals surface area (Å²) in [4.78, 5) is 14.6. The van der Waals surface area contributed by atoms with Crippen LogP contribution in [-0.4, -0.2) is 46.4 Å².